The van der Waals surface area contributed by atoms with Crippen LogP contribution >= 0.6 is 0 Å². The maximum atomic E-state index is 5.76. The molecule has 0 aliphatic rings. The van der Waals surface area contributed by atoms with E-state index in [1.807, 2.05) is 43.3 Å². The molecule has 0 fully saturated rings. The van der Waals surface area contributed by atoms with E-state index in [0.29, 0.717) is 13.2 Å². The Bertz CT molecular complexity index is 571. The number of ether oxygens (including phenoxy) is 1. The molecular formula is C17H23N3O. The maximum absolute atomic E-state index is 5.76. The molecule has 4 nitrogen and oxygen atoms in total. The zero-order valence-corrected chi connectivity index (χ0v) is 12.7. The third-order valence-electron chi connectivity index (χ3n) is 3.25. The molecule has 0 aliphatic carbocycles. The summed E-state index contributed by atoms with van der Waals surface area (Å²) in [5.41, 5.74) is 8.85. The minimum Gasteiger partial charge on any atom is -0.492 e. The van der Waals surface area contributed by atoms with Crippen molar-refractivity contribution in [1.82, 2.24) is 9.88 Å². The second kappa shape index (κ2) is 7.76. The Morgan fingerprint density at radius 2 is 2.00 bits per heavy atom. The van der Waals surface area contributed by atoms with Crippen LogP contribution in [0.4, 0.5) is 0 Å². The molecule has 1 aromatic heterocycles. The van der Waals surface area contributed by atoms with Gasteiger partial charge in [0.1, 0.15) is 12.4 Å². The first-order valence-corrected chi connectivity index (χ1v) is 7.20. The van der Waals surface area contributed by atoms with Gasteiger partial charge in [-0.25, -0.2) is 0 Å². The van der Waals surface area contributed by atoms with Crippen molar-refractivity contribution < 1.29 is 4.74 Å². The first-order valence-electron chi connectivity index (χ1n) is 7.20. The van der Waals surface area contributed by atoms with Crippen LogP contribution in [0.3, 0.4) is 0 Å². The lowest BCUT2D eigenvalue weighted by Gasteiger charge is -2.17. The molecule has 0 aliphatic heterocycles. The number of likely N-dealkylation sites (N-methyl/N-ethyl adjacent to an activating group) is 1. The van der Waals surface area contributed by atoms with E-state index in [1.54, 1.807) is 0 Å². The Labute approximate surface area is 126 Å². The SMILES string of the molecule is Cc1cccc(CN(C)CCOc2cccc(CN)c2)n1. The van der Waals surface area contributed by atoms with Gasteiger partial charge in [0.2, 0.25) is 0 Å². The molecule has 0 spiro atoms. The normalized spacial score (nSPS) is 10.9. The van der Waals surface area contributed by atoms with Gasteiger partial charge in [-0.1, -0.05) is 18.2 Å². The van der Waals surface area contributed by atoms with Crippen molar-refractivity contribution in [3.05, 3.63) is 59.4 Å². The van der Waals surface area contributed by atoms with Crippen molar-refractivity contribution in [1.29, 1.82) is 0 Å². The van der Waals surface area contributed by atoms with Crippen LogP contribution in [0.1, 0.15) is 17.0 Å². The fourth-order valence-electron chi connectivity index (χ4n) is 2.12. The van der Waals surface area contributed by atoms with Crippen LogP contribution in [0.15, 0.2) is 42.5 Å². The van der Waals surface area contributed by atoms with Crippen LogP contribution in [0.25, 0.3) is 0 Å². The summed E-state index contributed by atoms with van der Waals surface area (Å²) in [7, 11) is 2.07. The zero-order chi connectivity index (χ0) is 15.1. The van der Waals surface area contributed by atoms with E-state index in [2.05, 4.69) is 23.0 Å². The predicted octanol–water partition coefficient (Wildman–Crippen LogP) is 2.36. The number of aromatic nitrogens is 1. The fourth-order valence-corrected chi connectivity index (χ4v) is 2.12. The lowest BCUT2D eigenvalue weighted by atomic mass is 10.2. The van der Waals surface area contributed by atoms with Gasteiger partial charge in [-0.3, -0.25) is 9.88 Å². The van der Waals surface area contributed by atoms with Gasteiger partial charge in [-0.15, -0.1) is 0 Å². The summed E-state index contributed by atoms with van der Waals surface area (Å²) in [6.45, 7) is 4.87. The second-order valence-corrected chi connectivity index (χ2v) is 5.21. The molecule has 0 atom stereocenters. The molecule has 112 valence electrons. The quantitative estimate of drug-likeness (QED) is 0.848. The van der Waals surface area contributed by atoms with Gasteiger partial charge in [0.05, 0.1) is 5.69 Å². The van der Waals surface area contributed by atoms with E-state index in [-0.39, 0.29) is 0 Å². The van der Waals surface area contributed by atoms with Gasteiger partial charge >= 0.3 is 0 Å². The third kappa shape index (κ3) is 5.17. The predicted molar refractivity (Wildman–Crippen MR) is 85.1 cm³/mol. The molecule has 1 heterocycles. The number of aryl methyl sites for hydroxylation is 1. The highest BCUT2D eigenvalue weighted by Crippen LogP contribution is 2.12. The van der Waals surface area contributed by atoms with Gasteiger partial charge < -0.3 is 10.5 Å². The highest BCUT2D eigenvalue weighted by atomic mass is 16.5. The Kier molecular flexibility index (Phi) is 5.72. The lowest BCUT2D eigenvalue weighted by molar-refractivity contribution is 0.231. The summed E-state index contributed by atoms with van der Waals surface area (Å²) in [6.07, 6.45) is 0. The molecule has 0 saturated carbocycles. The van der Waals surface area contributed by atoms with Crippen LogP contribution in [-0.4, -0.2) is 30.1 Å². The second-order valence-electron chi connectivity index (χ2n) is 5.21. The molecule has 0 amide bonds. The van der Waals surface area contributed by atoms with Crippen molar-refractivity contribution in [2.75, 3.05) is 20.2 Å². The van der Waals surface area contributed by atoms with Crippen molar-refractivity contribution in [2.24, 2.45) is 5.73 Å². The van der Waals surface area contributed by atoms with Crippen molar-refractivity contribution >= 4 is 0 Å². The first kappa shape index (κ1) is 15.5. The Morgan fingerprint density at radius 1 is 1.19 bits per heavy atom. The van der Waals surface area contributed by atoms with E-state index in [1.165, 1.54) is 0 Å². The highest BCUT2D eigenvalue weighted by Gasteiger charge is 2.03. The van der Waals surface area contributed by atoms with E-state index in [4.69, 9.17) is 10.5 Å². The maximum Gasteiger partial charge on any atom is 0.119 e. The van der Waals surface area contributed by atoms with Gasteiger partial charge in [0.15, 0.2) is 0 Å². The Morgan fingerprint density at radius 3 is 2.76 bits per heavy atom. The third-order valence-corrected chi connectivity index (χ3v) is 3.25. The summed E-state index contributed by atoms with van der Waals surface area (Å²) in [5, 5.41) is 0. The number of benzene rings is 1. The molecule has 0 unspecified atom stereocenters. The average molecular weight is 285 g/mol. The molecule has 4 heteroatoms. The molecule has 2 rings (SSSR count). The minimum atomic E-state index is 0.538. The molecule has 0 radical (unpaired) electrons. The Balaban J connectivity index is 1.77. The lowest BCUT2D eigenvalue weighted by Crippen LogP contribution is -2.24. The topological polar surface area (TPSA) is 51.4 Å². The van der Waals surface area contributed by atoms with E-state index >= 15 is 0 Å². The number of rotatable bonds is 7. The van der Waals surface area contributed by atoms with Crippen LogP contribution in [0.5, 0.6) is 5.75 Å². The summed E-state index contributed by atoms with van der Waals surface area (Å²) < 4.78 is 5.76. The van der Waals surface area contributed by atoms with Crippen molar-refractivity contribution in [2.45, 2.75) is 20.0 Å². The summed E-state index contributed by atoms with van der Waals surface area (Å²) in [4.78, 5) is 6.71. The van der Waals surface area contributed by atoms with Crippen LogP contribution in [-0.2, 0) is 13.1 Å². The monoisotopic (exact) mass is 285 g/mol. The number of pyridine rings is 1. The van der Waals surface area contributed by atoms with Crippen LogP contribution in [0, 0.1) is 6.92 Å². The minimum absolute atomic E-state index is 0.538. The van der Waals surface area contributed by atoms with Crippen LogP contribution in [0.2, 0.25) is 0 Å². The summed E-state index contributed by atoms with van der Waals surface area (Å²) in [6, 6.07) is 14.0. The van der Waals surface area contributed by atoms with Crippen molar-refractivity contribution in [3.8, 4) is 5.75 Å². The first-order chi connectivity index (χ1) is 10.2. The van der Waals surface area contributed by atoms with E-state index < -0.39 is 0 Å². The fraction of sp³-hybridized carbons (Fsp3) is 0.353. The molecule has 2 N–H and O–H groups in total. The summed E-state index contributed by atoms with van der Waals surface area (Å²) in [5.74, 6) is 0.875. The van der Waals surface area contributed by atoms with E-state index in [0.717, 1.165) is 35.8 Å². The molecule has 0 saturated heterocycles. The van der Waals surface area contributed by atoms with Crippen LogP contribution < -0.4 is 10.5 Å². The Hall–Kier alpha value is -1.91. The number of nitrogens with zero attached hydrogens (tertiary/aromatic N) is 2. The zero-order valence-electron chi connectivity index (χ0n) is 12.7. The number of hydrogen-bond donors (Lipinski definition) is 1. The summed E-state index contributed by atoms with van der Waals surface area (Å²) >= 11 is 0. The molecule has 1 aromatic carbocycles. The average Bonchev–Trinajstić information content (AvgIpc) is 2.47. The smallest absolute Gasteiger partial charge is 0.119 e. The molecule has 0 bridgehead atoms. The van der Waals surface area contributed by atoms with Gasteiger partial charge in [0, 0.05) is 25.3 Å². The molecular weight excluding hydrogens is 262 g/mol. The van der Waals surface area contributed by atoms with Gasteiger partial charge in [0.25, 0.3) is 0 Å². The standard InChI is InChI=1S/C17H23N3O/c1-14-5-3-7-16(19-14)13-20(2)9-10-21-17-8-4-6-15(11-17)12-18/h3-8,11H,9-10,12-13,18H2,1-2H3. The van der Waals surface area contributed by atoms with Gasteiger partial charge in [-0.05, 0) is 43.8 Å². The van der Waals surface area contributed by atoms with Crippen molar-refractivity contribution in [3.63, 3.8) is 0 Å². The highest BCUT2D eigenvalue weighted by molar-refractivity contribution is 5.28. The number of nitrogens with two attached hydrogens (primary N) is 1. The largest absolute Gasteiger partial charge is 0.492 e. The molecule has 21 heavy (non-hydrogen) atoms. The van der Waals surface area contributed by atoms with Gasteiger partial charge in [-0.2, -0.15) is 0 Å². The molecule has 2 aromatic rings. The number of hydrogen-bond acceptors (Lipinski definition) is 4. The van der Waals surface area contributed by atoms with E-state index in [9.17, 15) is 0 Å².